The van der Waals surface area contributed by atoms with Gasteiger partial charge in [0.05, 0.1) is 5.75 Å². The molecule has 8 heteroatoms. The topological polar surface area (TPSA) is 66.5 Å². The molecule has 1 amide bonds. The van der Waals surface area contributed by atoms with E-state index in [0.717, 1.165) is 12.3 Å². The van der Waals surface area contributed by atoms with Gasteiger partial charge in [-0.25, -0.2) is 12.7 Å². The second-order valence-electron chi connectivity index (χ2n) is 8.46. The summed E-state index contributed by atoms with van der Waals surface area (Å²) in [6.45, 7) is 0.755. The highest BCUT2D eigenvalue weighted by Gasteiger charge is 2.41. The zero-order valence-corrected chi connectivity index (χ0v) is 18.1. The Labute approximate surface area is 176 Å². The van der Waals surface area contributed by atoms with Crippen LogP contribution in [0.4, 0.5) is 0 Å². The Bertz CT molecular complexity index is 853. The molecule has 0 spiro atoms. The Morgan fingerprint density at radius 2 is 1.86 bits per heavy atom. The van der Waals surface area contributed by atoms with E-state index in [0.29, 0.717) is 53.5 Å². The molecule has 1 N–H and O–H groups in total. The molecule has 3 atom stereocenters. The molecule has 0 aromatic heterocycles. The molecule has 1 heterocycles. The molecule has 0 unspecified atom stereocenters. The maximum atomic E-state index is 12.8. The number of carbonyl (C=O) groups excluding carboxylic acids is 1. The number of sulfonamides is 1. The predicted octanol–water partition coefficient (Wildman–Crippen LogP) is 3.84. The van der Waals surface area contributed by atoms with Crippen molar-refractivity contribution in [1.82, 2.24) is 9.62 Å². The van der Waals surface area contributed by atoms with Crippen molar-refractivity contribution in [2.75, 3.05) is 13.1 Å². The number of rotatable bonds is 5. The number of fused-ring (bicyclic) bond motifs is 2. The Morgan fingerprint density at radius 1 is 1.11 bits per heavy atom. The van der Waals surface area contributed by atoms with Crippen molar-refractivity contribution in [3.05, 3.63) is 33.8 Å². The molecule has 2 aliphatic carbocycles. The third-order valence-corrected chi connectivity index (χ3v) is 9.05. The van der Waals surface area contributed by atoms with E-state index in [1.54, 1.807) is 18.2 Å². The first-order valence-corrected chi connectivity index (χ1v) is 12.4. The van der Waals surface area contributed by atoms with Crippen LogP contribution in [0.15, 0.2) is 18.2 Å². The van der Waals surface area contributed by atoms with Gasteiger partial charge in [-0.1, -0.05) is 35.7 Å². The van der Waals surface area contributed by atoms with Crippen molar-refractivity contribution >= 4 is 39.1 Å². The van der Waals surface area contributed by atoms with Gasteiger partial charge >= 0.3 is 0 Å². The average molecular weight is 445 g/mol. The predicted molar refractivity (Wildman–Crippen MR) is 111 cm³/mol. The molecule has 1 aromatic carbocycles. The quantitative estimate of drug-likeness (QED) is 0.749. The van der Waals surface area contributed by atoms with E-state index in [4.69, 9.17) is 23.2 Å². The molecular formula is C20H26Cl2N2O3S. The molecule has 28 heavy (non-hydrogen) atoms. The second kappa shape index (κ2) is 8.13. The molecule has 3 aliphatic rings. The zero-order chi connectivity index (χ0) is 19.9. The third-order valence-electron chi connectivity index (χ3n) is 6.64. The largest absolute Gasteiger partial charge is 0.353 e. The number of halogens is 2. The summed E-state index contributed by atoms with van der Waals surface area (Å²) >= 11 is 12.0. The number of nitrogens with one attached hydrogen (secondary N) is 1. The summed E-state index contributed by atoms with van der Waals surface area (Å²) in [6.07, 6.45) is 6.06. The van der Waals surface area contributed by atoms with E-state index in [1.165, 1.54) is 23.6 Å². The van der Waals surface area contributed by atoms with Gasteiger partial charge in [-0.15, -0.1) is 0 Å². The summed E-state index contributed by atoms with van der Waals surface area (Å²) in [6, 6.07) is 5.18. The summed E-state index contributed by atoms with van der Waals surface area (Å²) in [5.74, 6) is 1.31. The number of carbonyl (C=O) groups is 1. The first kappa shape index (κ1) is 20.5. The van der Waals surface area contributed by atoms with Crippen molar-refractivity contribution in [3.63, 3.8) is 0 Å². The molecule has 4 rings (SSSR count). The van der Waals surface area contributed by atoms with Gasteiger partial charge in [0.15, 0.2) is 0 Å². The molecule has 3 fully saturated rings. The van der Waals surface area contributed by atoms with Gasteiger partial charge in [-0.3, -0.25) is 4.79 Å². The Morgan fingerprint density at radius 3 is 2.46 bits per heavy atom. The zero-order valence-electron chi connectivity index (χ0n) is 15.7. The minimum absolute atomic E-state index is 0.0929. The van der Waals surface area contributed by atoms with Crippen molar-refractivity contribution in [2.24, 2.45) is 17.8 Å². The number of hydrogen-bond donors (Lipinski definition) is 1. The first-order valence-electron chi connectivity index (χ1n) is 10.0. The van der Waals surface area contributed by atoms with Gasteiger partial charge in [0.1, 0.15) is 0 Å². The van der Waals surface area contributed by atoms with Crippen LogP contribution >= 0.6 is 23.2 Å². The molecule has 1 aromatic rings. The second-order valence-corrected chi connectivity index (χ2v) is 11.3. The Kier molecular flexibility index (Phi) is 5.94. The van der Waals surface area contributed by atoms with Gasteiger partial charge in [-0.2, -0.15) is 0 Å². The van der Waals surface area contributed by atoms with Crippen molar-refractivity contribution in [3.8, 4) is 0 Å². The fourth-order valence-corrected chi connectivity index (χ4v) is 7.19. The van der Waals surface area contributed by atoms with Crippen LogP contribution in [0.25, 0.3) is 0 Å². The fraction of sp³-hybridized carbons (Fsp3) is 0.650. The fourth-order valence-electron chi connectivity index (χ4n) is 5.04. The first-order chi connectivity index (χ1) is 13.3. The molecule has 0 radical (unpaired) electrons. The van der Waals surface area contributed by atoms with Crippen molar-refractivity contribution < 1.29 is 13.2 Å². The van der Waals surface area contributed by atoms with Crippen molar-refractivity contribution in [2.45, 2.75) is 50.3 Å². The highest BCUT2D eigenvalue weighted by atomic mass is 35.5. The number of hydrogen-bond acceptors (Lipinski definition) is 3. The number of benzene rings is 1. The lowest BCUT2D eigenvalue weighted by Crippen LogP contribution is -2.46. The highest BCUT2D eigenvalue weighted by molar-refractivity contribution is 7.88. The maximum absolute atomic E-state index is 12.8. The lowest BCUT2D eigenvalue weighted by Gasteiger charge is -2.32. The minimum atomic E-state index is -3.48. The monoisotopic (exact) mass is 444 g/mol. The molecule has 2 saturated carbocycles. The van der Waals surface area contributed by atoms with E-state index in [1.807, 2.05) is 0 Å². The van der Waals surface area contributed by atoms with Crippen LogP contribution in [0, 0.1) is 17.8 Å². The summed E-state index contributed by atoms with van der Waals surface area (Å²) in [7, 11) is -3.48. The van der Waals surface area contributed by atoms with E-state index < -0.39 is 10.0 Å². The average Bonchev–Trinajstić information content (AvgIpc) is 3.27. The summed E-state index contributed by atoms with van der Waals surface area (Å²) in [4.78, 5) is 12.6. The maximum Gasteiger partial charge on any atom is 0.223 e. The minimum Gasteiger partial charge on any atom is -0.353 e. The third kappa shape index (κ3) is 4.35. The standard InChI is InChI=1S/C20H26Cl2N2O3S/c21-17-4-3-16(18(22)11-17)12-28(26,27)24-7-5-14(6-8-24)20(25)23-19-10-13-1-2-15(19)9-13/h3-4,11,13-15,19H,1-2,5-10,12H2,(H,23,25)/t13-,15-,19-/m1/s1. The van der Waals surface area contributed by atoms with Crippen LogP contribution in [0.5, 0.6) is 0 Å². The van der Waals surface area contributed by atoms with Gasteiger partial charge in [0.2, 0.25) is 15.9 Å². The smallest absolute Gasteiger partial charge is 0.223 e. The molecular weight excluding hydrogens is 419 g/mol. The summed E-state index contributed by atoms with van der Waals surface area (Å²) in [5, 5.41) is 4.09. The van der Waals surface area contributed by atoms with Gasteiger partial charge in [-0.05, 0) is 61.6 Å². The van der Waals surface area contributed by atoms with Gasteiger partial charge in [0.25, 0.3) is 0 Å². The summed E-state index contributed by atoms with van der Waals surface area (Å²) in [5.41, 5.74) is 0.544. The van der Waals surface area contributed by atoms with Crippen LogP contribution in [-0.4, -0.2) is 37.8 Å². The normalized spacial score (nSPS) is 28.6. The SMILES string of the molecule is O=C(N[C@@H]1C[C@@H]2CC[C@@H]1C2)C1CCN(S(=O)(=O)Cc2ccc(Cl)cc2Cl)CC1. The molecule has 154 valence electrons. The van der Waals surface area contributed by atoms with E-state index in [2.05, 4.69) is 5.32 Å². The lowest BCUT2D eigenvalue weighted by atomic mass is 9.93. The van der Waals surface area contributed by atoms with E-state index in [9.17, 15) is 13.2 Å². The highest BCUT2D eigenvalue weighted by Crippen LogP contribution is 2.44. The Hall–Kier alpha value is -0.820. The molecule has 2 bridgehead atoms. The van der Waals surface area contributed by atoms with Crippen LogP contribution in [0.1, 0.15) is 44.1 Å². The molecule has 1 aliphatic heterocycles. The van der Waals surface area contributed by atoms with Gasteiger partial charge in [0, 0.05) is 35.1 Å². The van der Waals surface area contributed by atoms with E-state index >= 15 is 0 Å². The van der Waals surface area contributed by atoms with Crippen LogP contribution in [0.2, 0.25) is 10.0 Å². The number of nitrogens with zero attached hydrogens (tertiary/aromatic N) is 1. The van der Waals surface area contributed by atoms with Crippen LogP contribution < -0.4 is 5.32 Å². The van der Waals surface area contributed by atoms with Crippen molar-refractivity contribution in [1.29, 1.82) is 0 Å². The van der Waals surface area contributed by atoms with E-state index in [-0.39, 0.29) is 17.6 Å². The van der Waals surface area contributed by atoms with Crippen LogP contribution in [-0.2, 0) is 20.6 Å². The number of piperidine rings is 1. The summed E-state index contributed by atoms with van der Waals surface area (Å²) < 4.78 is 27.0. The van der Waals surface area contributed by atoms with Crippen LogP contribution in [0.3, 0.4) is 0 Å². The lowest BCUT2D eigenvalue weighted by molar-refractivity contribution is -0.127. The Balaban J connectivity index is 1.31. The number of amides is 1. The molecule has 1 saturated heterocycles. The van der Waals surface area contributed by atoms with Gasteiger partial charge < -0.3 is 5.32 Å². The molecule has 5 nitrogen and oxygen atoms in total.